The molecule has 0 aromatic carbocycles. The molecule has 1 nitrogen and oxygen atoms in total. The standard InChI is InChI=1S/C8F16O/c9-1(3(11,12)13)2(10)25-8(23,24)6(18,19)4(14,15)5(16,17)7(20,21)22. The van der Waals surface area contributed by atoms with Crippen LogP contribution in [-0.2, 0) is 4.74 Å². The van der Waals surface area contributed by atoms with Gasteiger partial charge >= 0.3 is 42.2 Å². The van der Waals surface area contributed by atoms with Crippen LogP contribution in [0.5, 0.6) is 0 Å². The molecule has 0 heterocycles. The van der Waals surface area contributed by atoms with Gasteiger partial charge in [0, 0.05) is 0 Å². The summed E-state index contributed by atoms with van der Waals surface area (Å²) in [4.78, 5) is 0. The lowest BCUT2D eigenvalue weighted by Crippen LogP contribution is -2.66. The second-order valence-electron chi connectivity index (χ2n) is 3.93. The second kappa shape index (κ2) is 6.00. The number of ether oxygens (including phenoxy) is 1. The highest BCUT2D eigenvalue weighted by atomic mass is 19.4. The first-order chi connectivity index (χ1) is 10.5. The Labute approximate surface area is 124 Å². The maximum atomic E-state index is 12.7. The van der Waals surface area contributed by atoms with Crippen LogP contribution < -0.4 is 0 Å². The van der Waals surface area contributed by atoms with Crippen LogP contribution in [0.15, 0.2) is 11.8 Å². The average Bonchev–Trinajstić information content (AvgIpc) is 2.33. The molecule has 0 saturated heterocycles. The quantitative estimate of drug-likeness (QED) is 0.411. The first kappa shape index (κ1) is 23.4. The van der Waals surface area contributed by atoms with Crippen molar-refractivity contribution < 1.29 is 75.0 Å². The van der Waals surface area contributed by atoms with E-state index in [1.54, 1.807) is 4.74 Å². The molecule has 0 atom stereocenters. The van der Waals surface area contributed by atoms with E-state index in [9.17, 15) is 70.2 Å². The zero-order valence-corrected chi connectivity index (χ0v) is 10.5. The molecule has 0 aliphatic rings. The molecule has 0 N–H and O–H groups in total. The van der Waals surface area contributed by atoms with Crippen molar-refractivity contribution in [2.24, 2.45) is 0 Å². The Morgan fingerprint density at radius 3 is 1.16 bits per heavy atom. The Hall–Kier alpha value is -1.58. The lowest BCUT2D eigenvalue weighted by atomic mass is 10.0. The van der Waals surface area contributed by atoms with Crippen molar-refractivity contribution in [3.8, 4) is 0 Å². The molecule has 150 valence electrons. The van der Waals surface area contributed by atoms with Crippen LogP contribution in [0.3, 0.4) is 0 Å². The SMILES string of the molecule is FC(OC(F)(F)C(F)(F)C(F)(F)C(F)(F)C(F)(F)F)=C(F)C(F)(F)F. The van der Waals surface area contributed by atoms with Gasteiger partial charge < -0.3 is 4.74 Å². The highest BCUT2D eigenvalue weighted by Gasteiger charge is 2.88. The molecule has 0 bridgehead atoms. The summed E-state index contributed by atoms with van der Waals surface area (Å²) in [5.74, 6) is -28.2. The van der Waals surface area contributed by atoms with Crippen LogP contribution in [0.1, 0.15) is 0 Å². The third-order valence-corrected chi connectivity index (χ3v) is 2.15. The molecular formula is C8F16O. The molecule has 0 fully saturated rings. The van der Waals surface area contributed by atoms with E-state index in [0.717, 1.165) is 0 Å². The summed E-state index contributed by atoms with van der Waals surface area (Å²) >= 11 is 0. The van der Waals surface area contributed by atoms with Gasteiger partial charge in [0.25, 0.3) is 5.83 Å². The molecule has 0 aliphatic carbocycles. The highest BCUT2D eigenvalue weighted by Crippen LogP contribution is 2.58. The van der Waals surface area contributed by atoms with Crippen LogP contribution in [0.25, 0.3) is 0 Å². The smallest absolute Gasteiger partial charge is 0.399 e. The Morgan fingerprint density at radius 2 is 0.880 bits per heavy atom. The van der Waals surface area contributed by atoms with Gasteiger partial charge in [-0.15, -0.1) is 0 Å². The number of halogens is 16. The van der Waals surface area contributed by atoms with Gasteiger partial charge in [0.1, 0.15) is 0 Å². The van der Waals surface area contributed by atoms with Crippen molar-refractivity contribution >= 4 is 0 Å². The maximum Gasteiger partial charge on any atom is 0.472 e. The van der Waals surface area contributed by atoms with Gasteiger partial charge in [-0.05, 0) is 0 Å². The van der Waals surface area contributed by atoms with Gasteiger partial charge in [-0.1, -0.05) is 0 Å². The summed E-state index contributed by atoms with van der Waals surface area (Å²) in [6.45, 7) is 0. The van der Waals surface area contributed by atoms with Gasteiger partial charge in [-0.2, -0.15) is 70.2 Å². The minimum atomic E-state index is -8.04. The number of allylic oxidation sites excluding steroid dienone is 1. The molecule has 0 radical (unpaired) electrons. The average molecular weight is 416 g/mol. The highest BCUT2D eigenvalue weighted by molar-refractivity contribution is 5.06. The van der Waals surface area contributed by atoms with Crippen LogP contribution >= 0.6 is 0 Å². The van der Waals surface area contributed by atoms with Crippen LogP contribution in [-0.4, -0.2) is 36.2 Å². The van der Waals surface area contributed by atoms with Crippen LogP contribution in [0.4, 0.5) is 70.2 Å². The zero-order chi connectivity index (χ0) is 20.9. The minimum Gasteiger partial charge on any atom is -0.399 e. The van der Waals surface area contributed by atoms with Crippen LogP contribution in [0.2, 0.25) is 0 Å². The number of rotatable bonds is 5. The Bertz CT molecular complexity index is 521. The first-order valence-electron chi connectivity index (χ1n) is 4.93. The number of hydrogen-bond acceptors (Lipinski definition) is 1. The van der Waals surface area contributed by atoms with E-state index in [0.29, 0.717) is 0 Å². The second-order valence-corrected chi connectivity index (χ2v) is 3.93. The van der Waals surface area contributed by atoms with Gasteiger partial charge in [0.05, 0.1) is 0 Å². The van der Waals surface area contributed by atoms with E-state index in [-0.39, 0.29) is 0 Å². The Balaban J connectivity index is 6.07. The summed E-state index contributed by atoms with van der Waals surface area (Å²) in [5.41, 5.74) is 0. The first-order valence-corrected chi connectivity index (χ1v) is 4.93. The summed E-state index contributed by atoms with van der Waals surface area (Å²) in [6.07, 6.45) is -21.5. The van der Waals surface area contributed by atoms with E-state index < -0.39 is 48.1 Å². The van der Waals surface area contributed by atoms with E-state index in [2.05, 4.69) is 0 Å². The molecule has 0 rings (SSSR count). The van der Waals surface area contributed by atoms with Crippen molar-refractivity contribution in [2.75, 3.05) is 0 Å². The molecule has 0 unspecified atom stereocenters. The predicted molar refractivity (Wildman–Crippen MR) is 42.2 cm³/mol. The summed E-state index contributed by atoms with van der Waals surface area (Å²) in [6, 6.07) is -4.32. The van der Waals surface area contributed by atoms with Crippen LogP contribution in [0, 0.1) is 0 Å². The zero-order valence-electron chi connectivity index (χ0n) is 10.5. The third kappa shape index (κ3) is 3.83. The predicted octanol–water partition coefficient (Wildman–Crippen LogP) is 5.73. The van der Waals surface area contributed by atoms with Gasteiger partial charge in [-0.3, -0.25) is 0 Å². The van der Waals surface area contributed by atoms with Crippen molar-refractivity contribution in [1.29, 1.82) is 0 Å². The monoisotopic (exact) mass is 416 g/mol. The van der Waals surface area contributed by atoms with Crippen molar-refractivity contribution in [2.45, 2.75) is 36.2 Å². The number of hydrogen-bond donors (Lipinski definition) is 0. The van der Waals surface area contributed by atoms with Gasteiger partial charge in [-0.25, -0.2) is 0 Å². The molecule has 25 heavy (non-hydrogen) atoms. The van der Waals surface area contributed by atoms with E-state index in [1.165, 1.54) is 0 Å². The largest absolute Gasteiger partial charge is 0.472 e. The Kier molecular flexibility index (Phi) is 5.62. The van der Waals surface area contributed by atoms with Crippen molar-refractivity contribution in [1.82, 2.24) is 0 Å². The molecule has 0 aromatic heterocycles. The molecule has 0 spiro atoms. The summed E-state index contributed by atoms with van der Waals surface area (Å²) < 4.78 is 196. The lowest BCUT2D eigenvalue weighted by molar-refractivity contribution is -0.454. The van der Waals surface area contributed by atoms with Gasteiger partial charge in [0.2, 0.25) is 0 Å². The fraction of sp³-hybridized carbons (Fsp3) is 0.750. The molecular weight excluding hydrogens is 416 g/mol. The number of alkyl halides is 14. The van der Waals surface area contributed by atoms with Gasteiger partial charge in [0.15, 0.2) is 0 Å². The molecule has 0 saturated carbocycles. The fourth-order valence-corrected chi connectivity index (χ4v) is 0.891. The normalized spacial score (nSPS) is 16.6. The Morgan fingerprint density at radius 1 is 0.520 bits per heavy atom. The lowest BCUT2D eigenvalue weighted by Gasteiger charge is -2.36. The van der Waals surface area contributed by atoms with E-state index in [1.807, 2.05) is 0 Å². The minimum absolute atomic E-state index is 1.64. The molecule has 0 aromatic rings. The third-order valence-electron chi connectivity index (χ3n) is 2.15. The maximum absolute atomic E-state index is 12.7. The molecule has 17 heteroatoms. The van der Waals surface area contributed by atoms with E-state index >= 15 is 0 Å². The summed E-state index contributed by atoms with van der Waals surface area (Å²) in [5, 5.41) is 0. The van der Waals surface area contributed by atoms with E-state index in [4.69, 9.17) is 0 Å². The fourth-order valence-electron chi connectivity index (χ4n) is 0.891. The van der Waals surface area contributed by atoms with Crippen molar-refractivity contribution in [3.05, 3.63) is 11.8 Å². The molecule has 0 aliphatic heterocycles. The molecule has 0 amide bonds. The van der Waals surface area contributed by atoms with Crippen molar-refractivity contribution in [3.63, 3.8) is 0 Å². The topological polar surface area (TPSA) is 9.23 Å². The summed E-state index contributed by atoms with van der Waals surface area (Å²) in [7, 11) is 0.